The summed E-state index contributed by atoms with van der Waals surface area (Å²) < 4.78 is 5.32. The average Bonchev–Trinajstić information content (AvgIpc) is 2.27. The van der Waals surface area contributed by atoms with E-state index in [4.69, 9.17) is 4.43 Å². The van der Waals surface area contributed by atoms with Crippen LogP contribution < -0.4 is 5.19 Å². The molecule has 0 aliphatic carbocycles. The SMILES string of the molecule is CCCC[Si](O)(OC)c1ccccc1. The van der Waals surface area contributed by atoms with Gasteiger partial charge in [0.05, 0.1) is 0 Å². The van der Waals surface area contributed by atoms with Gasteiger partial charge in [0.1, 0.15) is 0 Å². The van der Waals surface area contributed by atoms with Crippen molar-refractivity contribution in [1.29, 1.82) is 0 Å². The molecule has 1 atom stereocenters. The Morgan fingerprint density at radius 2 is 1.93 bits per heavy atom. The van der Waals surface area contributed by atoms with Gasteiger partial charge in [0, 0.05) is 7.11 Å². The van der Waals surface area contributed by atoms with Crippen LogP contribution in [0.15, 0.2) is 30.3 Å². The second kappa shape index (κ2) is 5.29. The van der Waals surface area contributed by atoms with E-state index < -0.39 is 8.56 Å². The van der Waals surface area contributed by atoms with Crippen molar-refractivity contribution in [2.24, 2.45) is 0 Å². The van der Waals surface area contributed by atoms with Gasteiger partial charge in [0.25, 0.3) is 0 Å². The Morgan fingerprint density at radius 1 is 1.29 bits per heavy atom. The third-order valence-corrected chi connectivity index (χ3v) is 5.37. The number of hydrogen-bond donors (Lipinski definition) is 1. The lowest BCUT2D eigenvalue weighted by Gasteiger charge is -2.22. The van der Waals surface area contributed by atoms with Gasteiger partial charge in [-0.3, -0.25) is 0 Å². The average molecular weight is 210 g/mol. The molecule has 1 rings (SSSR count). The van der Waals surface area contributed by atoms with Crippen LogP contribution in [0.25, 0.3) is 0 Å². The first kappa shape index (κ1) is 11.4. The Balaban J connectivity index is 2.79. The molecular weight excluding hydrogens is 192 g/mol. The van der Waals surface area contributed by atoms with E-state index in [0.717, 1.165) is 24.1 Å². The van der Waals surface area contributed by atoms with Crippen molar-refractivity contribution in [1.82, 2.24) is 0 Å². The summed E-state index contributed by atoms with van der Waals surface area (Å²) in [7, 11) is -1.01. The second-order valence-electron chi connectivity index (χ2n) is 3.46. The van der Waals surface area contributed by atoms with E-state index in [9.17, 15) is 4.80 Å². The molecule has 1 unspecified atom stereocenters. The Hall–Kier alpha value is -0.643. The molecule has 3 heteroatoms. The first-order valence-corrected chi connectivity index (χ1v) is 7.12. The van der Waals surface area contributed by atoms with Gasteiger partial charge in [0.2, 0.25) is 0 Å². The predicted octanol–water partition coefficient (Wildman–Crippen LogP) is 1.77. The molecule has 1 aromatic rings. The highest BCUT2D eigenvalue weighted by molar-refractivity contribution is 6.79. The van der Waals surface area contributed by atoms with E-state index in [1.807, 2.05) is 30.3 Å². The molecule has 0 bridgehead atoms. The van der Waals surface area contributed by atoms with Crippen molar-refractivity contribution >= 4 is 13.7 Å². The Morgan fingerprint density at radius 3 is 2.43 bits per heavy atom. The monoisotopic (exact) mass is 210 g/mol. The lowest BCUT2D eigenvalue weighted by molar-refractivity contribution is 0.303. The summed E-state index contributed by atoms with van der Waals surface area (Å²) in [4.78, 5) is 10.3. The zero-order valence-corrected chi connectivity index (χ0v) is 9.86. The molecular formula is C11H18O2Si. The number of rotatable bonds is 5. The minimum Gasteiger partial charge on any atom is -0.407 e. The second-order valence-corrected chi connectivity index (χ2v) is 6.51. The highest BCUT2D eigenvalue weighted by Gasteiger charge is 2.33. The van der Waals surface area contributed by atoms with Crippen LogP contribution in [0.4, 0.5) is 0 Å². The van der Waals surface area contributed by atoms with E-state index >= 15 is 0 Å². The lowest BCUT2D eigenvalue weighted by atomic mass is 10.4. The van der Waals surface area contributed by atoms with Gasteiger partial charge in [-0.25, -0.2) is 0 Å². The molecule has 2 nitrogen and oxygen atoms in total. The zero-order valence-electron chi connectivity index (χ0n) is 8.86. The first-order chi connectivity index (χ1) is 6.73. The van der Waals surface area contributed by atoms with E-state index in [1.54, 1.807) is 7.11 Å². The van der Waals surface area contributed by atoms with Crippen LogP contribution in [-0.2, 0) is 4.43 Å². The maximum Gasteiger partial charge on any atom is 0.369 e. The Labute approximate surface area is 86.8 Å². The summed E-state index contributed by atoms with van der Waals surface area (Å²) in [5.74, 6) is 0. The first-order valence-electron chi connectivity index (χ1n) is 5.06. The van der Waals surface area contributed by atoms with Crippen LogP contribution in [0.1, 0.15) is 19.8 Å². The van der Waals surface area contributed by atoms with Gasteiger partial charge < -0.3 is 9.22 Å². The number of benzene rings is 1. The van der Waals surface area contributed by atoms with Gasteiger partial charge >= 0.3 is 8.56 Å². The topological polar surface area (TPSA) is 29.5 Å². The molecule has 0 saturated heterocycles. The van der Waals surface area contributed by atoms with Crippen molar-refractivity contribution in [3.05, 3.63) is 30.3 Å². The van der Waals surface area contributed by atoms with Crippen molar-refractivity contribution < 1.29 is 9.22 Å². The normalized spacial score (nSPS) is 15.1. The number of unbranched alkanes of at least 4 members (excludes halogenated alkanes) is 1. The molecule has 1 N–H and O–H groups in total. The van der Waals surface area contributed by atoms with Gasteiger partial charge in [-0.05, 0) is 11.2 Å². The molecule has 0 aliphatic rings. The molecule has 0 spiro atoms. The summed E-state index contributed by atoms with van der Waals surface area (Å²) in [5, 5.41) is 0.968. The van der Waals surface area contributed by atoms with Gasteiger partial charge in [0.15, 0.2) is 0 Å². The van der Waals surface area contributed by atoms with Crippen LogP contribution in [-0.4, -0.2) is 20.5 Å². The third-order valence-electron chi connectivity index (χ3n) is 2.43. The van der Waals surface area contributed by atoms with E-state index in [-0.39, 0.29) is 0 Å². The number of hydrogen-bond acceptors (Lipinski definition) is 2. The minimum absolute atomic E-state index is 0.782. The smallest absolute Gasteiger partial charge is 0.369 e. The van der Waals surface area contributed by atoms with E-state index in [2.05, 4.69) is 6.92 Å². The van der Waals surface area contributed by atoms with Crippen molar-refractivity contribution in [3.63, 3.8) is 0 Å². The molecule has 0 fully saturated rings. The third kappa shape index (κ3) is 2.67. The zero-order chi connectivity index (χ0) is 10.4. The quantitative estimate of drug-likeness (QED) is 0.751. The fraction of sp³-hybridized carbons (Fsp3) is 0.455. The van der Waals surface area contributed by atoms with Crippen LogP contribution in [0.5, 0.6) is 0 Å². The molecule has 0 aromatic heterocycles. The molecule has 1 aromatic carbocycles. The standard InChI is InChI=1S/C11H18O2Si/c1-3-4-10-14(12,13-2)11-8-6-5-7-9-11/h5-9,12H,3-4,10H2,1-2H3. The van der Waals surface area contributed by atoms with Crippen molar-refractivity contribution in [3.8, 4) is 0 Å². The molecule has 0 saturated carbocycles. The molecule has 0 amide bonds. The summed E-state index contributed by atoms with van der Waals surface area (Å²) in [6.07, 6.45) is 2.11. The maximum atomic E-state index is 10.3. The summed E-state index contributed by atoms with van der Waals surface area (Å²) in [5.41, 5.74) is 0. The van der Waals surface area contributed by atoms with E-state index in [0.29, 0.717) is 0 Å². The van der Waals surface area contributed by atoms with Crippen molar-refractivity contribution in [2.45, 2.75) is 25.8 Å². The fourth-order valence-electron chi connectivity index (χ4n) is 1.48. The van der Waals surface area contributed by atoms with Crippen LogP contribution in [0.3, 0.4) is 0 Å². The highest BCUT2D eigenvalue weighted by Crippen LogP contribution is 2.11. The maximum absolute atomic E-state index is 10.3. The van der Waals surface area contributed by atoms with Gasteiger partial charge in [-0.1, -0.05) is 50.1 Å². The summed E-state index contributed by atoms with van der Waals surface area (Å²) in [6, 6.07) is 10.5. The highest BCUT2D eigenvalue weighted by atomic mass is 28.4. The predicted molar refractivity (Wildman–Crippen MR) is 60.8 cm³/mol. The largest absolute Gasteiger partial charge is 0.407 e. The van der Waals surface area contributed by atoms with Gasteiger partial charge in [-0.15, -0.1) is 0 Å². The summed E-state index contributed by atoms with van der Waals surface area (Å²) in [6.45, 7) is 2.12. The van der Waals surface area contributed by atoms with Crippen LogP contribution in [0.2, 0.25) is 6.04 Å². The molecule has 0 heterocycles. The molecule has 0 radical (unpaired) electrons. The molecule has 0 aliphatic heterocycles. The van der Waals surface area contributed by atoms with E-state index in [1.165, 1.54) is 0 Å². The minimum atomic E-state index is -2.62. The lowest BCUT2D eigenvalue weighted by Crippen LogP contribution is -2.50. The Bertz CT molecular complexity index is 263. The van der Waals surface area contributed by atoms with Crippen LogP contribution >= 0.6 is 0 Å². The molecule has 78 valence electrons. The Kier molecular flexibility index (Phi) is 4.32. The van der Waals surface area contributed by atoms with Gasteiger partial charge in [-0.2, -0.15) is 0 Å². The van der Waals surface area contributed by atoms with Crippen molar-refractivity contribution in [2.75, 3.05) is 7.11 Å². The fourth-order valence-corrected chi connectivity index (χ4v) is 3.75. The summed E-state index contributed by atoms with van der Waals surface area (Å²) >= 11 is 0. The van der Waals surface area contributed by atoms with Crippen LogP contribution in [0, 0.1) is 0 Å². The molecule has 14 heavy (non-hydrogen) atoms.